The third-order valence-electron chi connectivity index (χ3n) is 5.06. The minimum absolute atomic E-state index is 0. The van der Waals surface area contributed by atoms with E-state index in [1.165, 1.54) is 5.56 Å². The fourth-order valence-corrected chi connectivity index (χ4v) is 3.74. The number of benzene rings is 1. The number of fused-ring (bicyclic) bond motifs is 1. The zero-order chi connectivity index (χ0) is 16.2. The Morgan fingerprint density at radius 3 is 2.83 bits per heavy atom. The van der Waals surface area contributed by atoms with Crippen molar-refractivity contribution >= 4 is 29.9 Å². The SMILES string of the molecule is Cl.NCC1CCCC1NC(=O)CCN1C(=O)CCc2ccccc21. The molecule has 1 aromatic rings. The molecule has 1 saturated carbocycles. The molecule has 1 fully saturated rings. The van der Waals surface area contributed by atoms with Gasteiger partial charge in [-0.25, -0.2) is 0 Å². The number of hydrogen-bond acceptors (Lipinski definition) is 3. The molecule has 1 aliphatic carbocycles. The monoisotopic (exact) mass is 351 g/mol. The van der Waals surface area contributed by atoms with E-state index in [0.29, 0.717) is 31.8 Å². The third kappa shape index (κ3) is 4.08. The number of hydrogen-bond donors (Lipinski definition) is 2. The molecule has 2 unspecified atom stereocenters. The maximum absolute atomic E-state index is 12.2. The van der Waals surface area contributed by atoms with Crippen LogP contribution in [-0.2, 0) is 16.0 Å². The first-order valence-corrected chi connectivity index (χ1v) is 8.56. The van der Waals surface area contributed by atoms with Crippen LogP contribution in [0.5, 0.6) is 0 Å². The Balaban J connectivity index is 0.00000208. The molecule has 132 valence electrons. The van der Waals surface area contributed by atoms with E-state index in [1.807, 2.05) is 18.2 Å². The summed E-state index contributed by atoms with van der Waals surface area (Å²) in [6, 6.07) is 8.16. The number of nitrogens with zero attached hydrogens (tertiary/aromatic N) is 1. The van der Waals surface area contributed by atoms with Gasteiger partial charge in [0.1, 0.15) is 0 Å². The number of halogens is 1. The van der Waals surface area contributed by atoms with Gasteiger partial charge in [0.05, 0.1) is 0 Å². The van der Waals surface area contributed by atoms with Crippen LogP contribution in [0.2, 0.25) is 0 Å². The zero-order valence-corrected chi connectivity index (χ0v) is 14.7. The Morgan fingerprint density at radius 1 is 1.25 bits per heavy atom. The summed E-state index contributed by atoms with van der Waals surface area (Å²) < 4.78 is 0. The molecule has 3 rings (SSSR count). The molecule has 0 radical (unpaired) electrons. The van der Waals surface area contributed by atoms with Crippen LogP contribution in [0, 0.1) is 5.92 Å². The lowest BCUT2D eigenvalue weighted by Gasteiger charge is -2.29. The van der Waals surface area contributed by atoms with Gasteiger partial charge in [-0.15, -0.1) is 12.4 Å². The summed E-state index contributed by atoms with van der Waals surface area (Å²) in [5.41, 5.74) is 7.90. The van der Waals surface area contributed by atoms with Gasteiger partial charge in [-0.3, -0.25) is 9.59 Å². The molecule has 5 nitrogen and oxygen atoms in total. The number of nitrogens with two attached hydrogens (primary N) is 1. The smallest absolute Gasteiger partial charge is 0.227 e. The van der Waals surface area contributed by atoms with E-state index in [9.17, 15) is 9.59 Å². The minimum Gasteiger partial charge on any atom is -0.353 e. The number of carbonyl (C=O) groups is 2. The van der Waals surface area contributed by atoms with E-state index < -0.39 is 0 Å². The third-order valence-corrected chi connectivity index (χ3v) is 5.06. The molecule has 6 heteroatoms. The second-order valence-electron chi connectivity index (χ2n) is 6.52. The number of aryl methyl sites for hydroxylation is 1. The van der Waals surface area contributed by atoms with Crippen LogP contribution in [-0.4, -0.2) is 30.9 Å². The number of carbonyl (C=O) groups excluding carboxylic acids is 2. The molecule has 2 atom stereocenters. The van der Waals surface area contributed by atoms with Gasteiger partial charge in [0.15, 0.2) is 0 Å². The van der Waals surface area contributed by atoms with E-state index in [0.717, 1.165) is 31.4 Å². The van der Waals surface area contributed by atoms with E-state index in [4.69, 9.17) is 5.73 Å². The fraction of sp³-hybridized carbons (Fsp3) is 0.556. The van der Waals surface area contributed by atoms with Crippen molar-refractivity contribution in [1.82, 2.24) is 5.32 Å². The van der Waals surface area contributed by atoms with Gasteiger partial charge in [-0.1, -0.05) is 24.6 Å². The van der Waals surface area contributed by atoms with Gasteiger partial charge < -0.3 is 16.0 Å². The van der Waals surface area contributed by atoms with Crippen molar-refractivity contribution in [2.45, 2.75) is 44.6 Å². The van der Waals surface area contributed by atoms with Crippen LogP contribution in [0.15, 0.2) is 24.3 Å². The second-order valence-corrected chi connectivity index (χ2v) is 6.52. The van der Waals surface area contributed by atoms with Gasteiger partial charge in [0, 0.05) is 31.1 Å². The number of amides is 2. The normalized spacial score (nSPS) is 22.7. The van der Waals surface area contributed by atoms with Gasteiger partial charge in [0.2, 0.25) is 11.8 Å². The first-order valence-electron chi connectivity index (χ1n) is 8.56. The molecule has 1 aromatic carbocycles. The highest BCUT2D eigenvalue weighted by Crippen LogP contribution is 2.28. The standard InChI is InChI=1S/C18H25N3O2.ClH/c19-12-14-5-3-6-15(14)20-17(22)10-11-21-16-7-2-1-4-13(16)8-9-18(21)23;/h1-2,4,7,14-15H,3,5-6,8-12,19H2,(H,20,22);1H. The van der Waals surface area contributed by atoms with Crippen molar-refractivity contribution in [2.24, 2.45) is 11.7 Å². The van der Waals surface area contributed by atoms with E-state index in [2.05, 4.69) is 11.4 Å². The van der Waals surface area contributed by atoms with Crippen LogP contribution in [0.4, 0.5) is 5.69 Å². The maximum atomic E-state index is 12.2. The Hall–Kier alpha value is -1.59. The molecular formula is C18H26ClN3O2. The first kappa shape index (κ1) is 18.7. The van der Waals surface area contributed by atoms with Crippen LogP contribution >= 0.6 is 12.4 Å². The Labute approximate surface area is 149 Å². The lowest BCUT2D eigenvalue weighted by molar-refractivity contribution is -0.122. The number of nitrogens with one attached hydrogen (secondary N) is 1. The average Bonchev–Trinajstić information content (AvgIpc) is 3.01. The lowest BCUT2D eigenvalue weighted by atomic mass is 10.0. The van der Waals surface area contributed by atoms with E-state index >= 15 is 0 Å². The molecular weight excluding hydrogens is 326 g/mol. The molecule has 1 heterocycles. The Bertz CT molecular complexity index is 593. The van der Waals surface area contributed by atoms with Gasteiger partial charge in [0.25, 0.3) is 0 Å². The summed E-state index contributed by atoms with van der Waals surface area (Å²) in [6.45, 7) is 1.07. The molecule has 1 aliphatic heterocycles. The van der Waals surface area contributed by atoms with Crippen LogP contribution < -0.4 is 16.0 Å². The summed E-state index contributed by atoms with van der Waals surface area (Å²) in [5, 5.41) is 3.10. The van der Waals surface area contributed by atoms with Crippen LogP contribution in [0.1, 0.15) is 37.7 Å². The molecule has 24 heavy (non-hydrogen) atoms. The highest BCUT2D eigenvalue weighted by molar-refractivity contribution is 5.97. The molecule has 2 aliphatic rings. The second kappa shape index (κ2) is 8.49. The van der Waals surface area contributed by atoms with Crippen LogP contribution in [0.25, 0.3) is 0 Å². The van der Waals surface area contributed by atoms with Gasteiger partial charge >= 0.3 is 0 Å². The maximum Gasteiger partial charge on any atom is 0.227 e. The van der Waals surface area contributed by atoms with Crippen molar-refractivity contribution in [2.75, 3.05) is 18.0 Å². The number of para-hydroxylation sites is 1. The minimum atomic E-state index is 0. The molecule has 3 N–H and O–H groups in total. The molecule has 0 spiro atoms. The Kier molecular flexibility index (Phi) is 6.63. The highest BCUT2D eigenvalue weighted by Gasteiger charge is 2.28. The first-order chi connectivity index (χ1) is 11.2. The fourth-order valence-electron chi connectivity index (χ4n) is 3.74. The van der Waals surface area contributed by atoms with Gasteiger partial charge in [-0.2, -0.15) is 0 Å². The lowest BCUT2D eigenvalue weighted by Crippen LogP contribution is -2.42. The van der Waals surface area contributed by atoms with Crippen molar-refractivity contribution in [3.05, 3.63) is 29.8 Å². The highest BCUT2D eigenvalue weighted by atomic mass is 35.5. The summed E-state index contributed by atoms with van der Waals surface area (Å²) in [6.07, 6.45) is 4.89. The van der Waals surface area contributed by atoms with E-state index in [1.54, 1.807) is 4.90 Å². The van der Waals surface area contributed by atoms with Crippen molar-refractivity contribution in [3.63, 3.8) is 0 Å². The number of anilines is 1. The summed E-state index contributed by atoms with van der Waals surface area (Å²) >= 11 is 0. The average molecular weight is 352 g/mol. The van der Waals surface area contributed by atoms with Crippen LogP contribution in [0.3, 0.4) is 0 Å². The molecule has 0 aromatic heterocycles. The predicted molar refractivity (Wildman–Crippen MR) is 97.3 cm³/mol. The van der Waals surface area contributed by atoms with Crippen molar-refractivity contribution < 1.29 is 9.59 Å². The molecule has 0 saturated heterocycles. The topological polar surface area (TPSA) is 75.4 Å². The summed E-state index contributed by atoms with van der Waals surface area (Å²) in [4.78, 5) is 26.2. The number of rotatable bonds is 5. The summed E-state index contributed by atoms with van der Waals surface area (Å²) in [7, 11) is 0. The van der Waals surface area contributed by atoms with Gasteiger partial charge in [-0.05, 0) is 43.4 Å². The molecule has 0 bridgehead atoms. The zero-order valence-electron chi connectivity index (χ0n) is 13.9. The molecule has 2 amide bonds. The largest absolute Gasteiger partial charge is 0.353 e. The van der Waals surface area contributed by atoms with E-state index in [-0.39, 0.29) is 30.3 Å². The Morgan fingerprint density at radius 2 is 2.04 bits per heavy atom. The predicted octanol–water partition coefficient (Wildman–Crippen LogP) is 2.02. The van der Waals surface area contributed by atoms with Crippen molar-refractivity contribution in [1.29, 1.82) is 0 Å². The van der Waals surface area contributed by atoms with Crippen molar-refractivity contribution in [3.8, 4) is 0 Å². The summed E-state index contributed by atoms with van der Waals surface area (Å²) in [5.74, 6) is 0.528. The quantitative estimate of drug-likeness (QED) is 0.852.